The van der Waals surface area contributed by atoms with Gasteiger partial charge in [-0.25, -0.2) is 4.98 Å². The van der Waals surface area contributed by atoms with Gasteiger partial charge in [-0.05, 0) is 80.1 Å². The van der Waals surface area contributed by atoms with Crippen molar-refractivity contribution in [1.82, 2.24) is 19.9 Å². The maximum atomic E-state index is 12.3. The largest absolute Gasteiger partial charge is 0.382 e. The number of carbonyl (C=O) groups excluding carboxylic acids is 2. The summed E-state index contributed by atoms with van der Waals surface area (Å²) < 4.78 is 2.06. The third kappa shape index (κ3) is 4.88. The van der Waals surface area contributed by atoms with Crippen LogP contribution < -0.4 is 16.4 Å². The maximum absolute atomic E-state index is 12.3. The van der Waals surface area contributed by atoms with Crippen LogP contribution in [0.15, 0.2) is 73.2 Å². The molecule has 1 fully saturated rings. The minimum atomic E-state index is -0.473. The number of rotatable bonds is 6. The second-order valence-electron chi connectivity index (χ2n) is 10.6. The van der Waals surface area contributed by atoms with Crippen LogP contribution in [0.4, 0.5) is 5.69 Å². The molecule has 202 valence electrons. The Hall–Kier alpha value is -4.72. The van der Waals surface area contributed by atoms with Gasteiger partial charge in [0.05, 0.1) is 11.1 Å². The summed E-state index contributed by atoms with van der Waals surface area (Å²) in [5.74, 6) is -0.471. The van der Waals surface area contributed by atoms with Crippen LogP contribution >= 0.6 is 0 Å². The Morgan fingerprint density at radius 1 is 0.975 bits per heavy atom. The molecule has 2 amide bonds. The van der Waals surface area contributed by atoms with Crippen LogP contribution in [0.2, 0.25) is 0 Å². The Morgan fingerprint density at radius 3 is 2.52 bits per heavy atom. The smallest absolute Gasteiger partial charge is 0.250 e. The topological polar surface area (TPSA) is 115 Å². The highest BCUT2D eigenvalue weighted by molar-refractivity contribution is 6.00. The van der Waals surface area contributed by atoms with Crippen molar-refractivity contribution in [3.8, 4) is 16.8 Å². The van der Waals surface area contributed by atoms with Gasteiger partial charge in [0.15, 0.2) is 0 Å². The number of carbonyl (C=O) groups is 2. The molecule has 0 aliphatic heterocycles. The molecule has 0 bridgehead atoms. The van der Waals surface area contributed by atoms with Gasteiger partial charge in [-0.2, -0.15) is 0 Å². The van der Waals surface area contributed by atoms with Crippen molar-refractivity contribution >= 4 is 39.4 Å². The van der Waals surface area contributed by atoms with Gasteiger partial charge in [-0.3, -0.25) is 14.6 Å². The van der Waals surface area contributed by atoms with Crippen molar-refractivity contribution in [2.45, 2.75) is 51.6 Å². The Labute approximate surface area is 232 Å². The maximum Gasteiger partial charge on any atom is 0.250 e. The third-order valence-corrected chi connectivity index (χ3v) is 7.82. The van der Waals surface area contributed by atoms with E-state index in [2.05, 4.69) is 45.4 Å². The molecule has 0 radical (unpaired) electrons. The first-order valence-electron chi connectivity index (χ1n) is 13.7. The van der Waals surface area contributed by atoms with Crippen LogP contribution in [0, 0.1) is 6.92 Å². The first-order chi connectivity index (χ1) is 19.4. The van der Waals surface area contributed by atoms with Crippen molar-refractivity contribution < 1.29 is 9.59 Å². The molecule has 1 aliphatic carbocycles. The predicted octanol–water partition coefficient (Wildman–Crippen LogP) is 5.51. The lowest BCUT2D eigenvalue weighted by atomic mass is 9.90. The van der Waals surface area contributed by atoms with E-state index in [0.29, 0.717) is 11.3 Å². The van der Waals surface area contributed by atoms with Gasteiger partial charge in [-0.1, -0.05) is 18.2 Å². The van der Waals surface area contributed by atoms with Crippen LogP contribution in [-0.4, -0.2) is 38.4 Å². The number of benzene rings is 2. The number of nitrogens with two attached hydrogens (primary N) is 1. The standard InChI is InChI=1S/C32H32N6O2/c1-19-18-38(32-30(19)26(13-14-34-32)22-15-21-5-3-4-6-28(21)35-17-22)25-11-12-27(31(33)40)29(16-25)37-24-9-7-23(8-10-24)36-20(2)39/h3-6,11-18,23-24,37H,7-10H2,1-2H3,(H2,33,40)(H,36,39)/t23-,24-. The summed E-state index contributed by atoms with van der Waals surface area (Å²) >= 11 is 0. The number of aromatic nitrogens is 3. The summed E-state index contributed by atoms with van der Waals surface area (Å²) in [4.78, 5) is 33.2. The number of nitrogens with zero attached hydrogens (tertiary/aromatic N) is 3. The van der Waals surface area contributed by atoms with Crippen molar-refractivity contribution in [2.24, 2.45) is 5.73 Å². The van der Waals surface area contributed by atoms with Crippen molar-refractivity contribution in [3.63, 3.8) is 0 Å². The molecular formula is C32H32N6O2. The molecule has 0 spiro atoms. The summed E-state index contributed by atoms with van der Waals surface area (Å²) in [7, 11) is 0. The van der Waals surface area contributed by atoms with Crippen molar-refractivity contribution in [3.05, 3.63) is 84.3 Å². The van der Waals surface area contributed by atoms with Crippen LogP contribution in [0.25, 0.3) is 38.8 Å². The zero-order chi connectivity index (χ0) is 27.8. The fourth-order valence-corrected chi connectivity index (χ4v) is 5.90. The van der Waals surface area contributed by atoms with Crippen molar-refractivity contribution in [2.75, 3.05) is 5.32 Å². The van der Waals surface area contributed by atoms with E-state index < -0.39 is 5.91 Å². The van der Waals surface area contributed by atoms with Crippen LogP contribution in [0.3, 0.4) is 0 Å². The average molecular weight is 533 g/mol. The number of aryl methyl sites for hydroxylation is 1. The second kappa shape index (κ2) is 10.4. The van der Waals surface area contributed by atoms with Crippen LogP contribution in [0.1, 0.15) is 48.5 Å². The number of amides is 2. The number of primary amides is 1. The number of fused-ring (bicyclic) bond motifs is 2. The Kier molecular flexibility index (Phi) is 6.67. The SMILES string of the molecule is CC(=O)N[C@H]1CC[C@H](Nc2cc(-n3cc(C)c4c(-c5cnc6ccccc6c5)ccnc43)ccc2C(N)=O)CC1. The first-order valence-corrected chi connectivity index (χ1v) is 13.7. The number of nitrogens with one attached hydrogen (secondary N) is 2. The zero-order valence-corrected chi connectivity index (χ0v) is 22.6. The average Bonchev–Trinajstić information content (AvgIpc) is 3.30. The van der Waals surface area contributed by atoms with Gasteiger partial charge < -0.3 is 20.9 Å². The van der Waals surface area contributed by atoms with E-state index in [9.17, 15) is 9.59 Å². The highest BCUT2D eigenvalue weighted by Crippen LogP contribution is 2.34. The second-order valence-corrected chi connectivity index (χ2v) is 10.6. The predicted molar refractivity (Wildman–Crippen MR) is 159 cm³/mol. The summed E-state index contributed by atoms with van der Waals surface area (Å²) in [6, 6.07) is 18.3. The first kappa shape index (κ1) is 25.6. The fraction of sp³-hybridized carbons (Fsp3) is 0.250. The monoisotopic (exact) mass is 532 g/mol. The molecule has 6 rings (SSSR count). The molecule has 5 aromatic rings. The summed E-state index contributed by atoms with van der Waals surface area (Å²) in [5, 5.41) is 8.73. The van der Waals surface area contributed by atoms with E-state index in [4.69, 9.17) is 10.7 Å². The minimum Gasteiger partial charge on any atom is -0.382 e. The molecular weight excluding hydrogens is 500 g/mol. The van der Waals surface area contributed by atoms with Crippen LogP contribution in [0.5, 0.6) is 0 Å². The molecule has 8 nitrogen and oxygen atoms in total. The van der Waals surface area contributed by atoms with E-state index in [1.54, 1.807) is 13.0 Å². The highest BCUT2D eigenvalue weighted by Gasteiger charge is 2.23. The van der Waals surface area contributed by atoms with E-state index in [1.807, 2.05) is 48.8 Å². The number of hydrogen-bond acceptors (Lipinski definition) is 5. The molecule has 4 N–H and O–H groups in total. The lowest BCUT2D eigenvalue weighted by Crippen LogP contribution is -2.39. The van der Waals surface area contributed by atoms with Gasteiger partial charge in [0.25, 0.3) is 5.91 Å². The number of hydrogen-bond donors (Lipinski definition) is 3. The molecule has 3 heterocycles. The number of para-hydroxylation sites is 1. The van der Waals surface area contributed by atoms with E-state index >= 15 is 0 Å². The molecule has 1 saturated carbocycles. The molecule has 40 heavy (non-hydrogen) atoms. The van der Waals surface area contributed by atoms with E-state index in [1.165, 1.54) is 0 Å². The molecule has 0 saturated heterocycles. The highest BCUT2D eigenvalue weighted by atomic mass is 16.1. The third-order valence-electron chi connectivity index (χ3n) is 7.82. The van der Waals surface area contributed by atoms with Gasteiger partial charge in [0.2, 0.25) is 5.91 Å². The molecule has 8 heteroatoms. The quantitative estimate of drug-likeness (QED) is 0.267. The van der Waals surface area contributed by atoms with Gasteiger partial charge >= 0.3 is 0 Å². The van der Waals surface area contributed by atoms with Gasteiger partial charge in [0.1, 0.15) is 5.65 Å². The molecule has 3 aromatic heterocycles. The van der Waals surface area contributed by atoms with E-state index in [0.717, 1.165) is 70.0 Å². The Morgan fingerprint density at radius 2 is 1.75 bits per heavy atom. The Balaban J connectivity index is 1.36. The summed E-state index contributed by atoms with van der Waals surface area (Å²) in [5.41, 5.74) is 12.8. The summed E-state index contributed by atoms with van der Waals surface area (Å²) in [6.45, 7) is 3.64. The van der Waals surface area contributed by atoms with Gasteiger partial charge in [0, 0.05) is 65.3 Å². The summed E-state index contributed by atoms with van der Waals surface area (Å²) in [6.07, 6.45) is 9.39. The molecule has 2 aromatic carbocycles. The lowest BCUT2D eigenvalue weighted by molar-refractivity contribution is -0.119. The van der Waals surface area contributed by atoms with E-state index in [-0.39, 0.29) is 18.0 Å². The molecule has 0 unspecified atom stereocenters. The minimum absolute atomic E-state index is 0.00279. The molecule has 1 aliphatic rings. The molecule has 0 atom stereocenters. The zero-order valence-electron chi connectivity index (χ0n) is 22.6. The normalized spacial score (nSPS) is 17.1. The van der Waals surface area contributed by atoms with Crippen molar-refractivity contribution in [1.29, 1.82) is 0 Å². The Bertz CT molecular complexity index is 1750. The van der Waals surface area contributed by atoms with Gasteiger partial charge in [-0.15, -0.1) is 0 Å². The number of pyridine rings is 2. The fourth-order valence-electron chi connectivity index (χ4n) is 5.90. The number of anilines is 1. The van der Waals surface area contributed by atoms with Crippen LogP contribution in [-0.2, 0) is 4.79 Å². The lowest BCUT2D eigenvalue weighted by Gasteiger charge is -2.30.